The molecule has 43 heavy (non-hydrogen) atoms. The quantitative estimate of drug-likeness (QED) is 0.264. The maximum Gasteiger partial charge on any atom is 0.243 e. The number of hydrogen-bond acceptors (Lipinski definition) is 6. The zero-order chi connectivity index (χ0) is 31.0. The summed E-state index contributed by atoms with van der Waals surface area (Å²) in [5, 5.41) is 3.54. The molecule has 0 aromatic heterocycles. The first-order valence-corrected chi connectivity index (χ1v) is 16.5. The van der Waals surface area contributed by atoms with Gasteiger partial charge >= 0.3 is 0 Å². The van der Waals surface area contributed by atoms with E-state index < -0.39 is 16.1 Å². The molecule has 9 nitrogen and oxygen atoms in total. The topological polar surface area (TPSA) is 105 Å². The molecular weight excluding hydrogens is 590 g/mol. The van der Waals surface area contributed by atoms with Gasteiger partial charge in [0.05, 0.1) is 11.9 Å². The zero-order valence-electron chi connectivity index (χ0n) is 24.7. The number of benzene rings is 3. The Bertz CT molecular complexity index is 1520. The van der Waals surface area contributed by atoms with Gasteiger partial charge in [-0.25, -0.2) is 8.42 Å². The highest BCUT2D eigenvalue weighted by atomic mass is 35.5. The van der Waals surface area contributed by atoms with E-state index in [1.165, 1.54) is 4.31 Å². The average molecular weight is 628 g/mol. The van der Waals surface area contributed by atoms with Crippen LogP contribution in [0.25, 0.3) is 0 Å². The molecule has 2 unspecified atom stereocenters. The van der Waals surface area contributed by atoms with Crippen LogP contribution in [0.3, 0.4) is 0 Å². The van der Waals surface area contributed by atoms with E-state index in [1.54, 1.807) is 29.2 Å². The van der Waals surface area contributed by atoms with E-state index in [0.717, 1.165) is 18.2 Å². The maximum atomic E-state index is 14.0. The second-order valence-electron chi connectivity index (χ2n) is 10.6. The summed E-state index contributed by atoms with van der Waals surface area (Å²) in [5.74, 6) is 0.475. The molecule has 0 fully saturated rings. The minimum Gasteiger partial charge on any atom is -0.454 e. The van der Waals surface area contributed by atoms with Crippen molar-refractivity contribution < 1.29 is 27.5 Å². The molecule has 0 spiro atoms. The van der Waals surface area contributed by atoms with E-state index in [9.17, 15) is 18.0 Å². The van der Waals surface area contributed by atoms with Crippen molar-refractivity contribution in [1.29, 1.82) is 0 Å². The Hall–Kier alpha value is -3.76. The van der Waals surface area contributed by atoms with Crippen molar-refractivity contribution in [3.05, 3.63) is 88.9 Å². The van der Waals surface area contributed by atoms with Crippen molar-refractivity contribution in [2.24, 2.45) is 0 Å². The number of rotatable bonds is 14. The summed E-state index contributed by atoms with van der Waals surface area (Å²) in [5.41, 5.74) is 2.04. The van der Waals surface area contributed by atoms with Crippen molar-refractivity contribution >= 4 is 39.1 Å². The van der Waals surface area contributed by atoms with Crippen molar-refractivity contribution in [2.45, 2.75) is 58.2 Å². The third-order valence-electron chi connectivity index (χ3n) is 7.37. The van der Waals surface area contributed by atoms with E-state index >= 15 is 0 Å². The number of nitrogens with one attached hydrogen (secondary N) is 1. The maximum absolute atomic E-state index is 14.0. The van der Waals surface area contributed by atoms with E-state index in [1.807, 2.05) is 62.4 Å². The highest BCUT2D eigenvalue weighted by Crippen LogP contribution is 2.36. The normalized spacial score (nSPS) is 13.7. The van der Waals surface area contributed by atoms with Crippen LogP contribution in [0.4, 0.5) is 5.69 Å². The molecule has 3 aromatic carbocycles. The average Bonchev–Trinajstić information content (AvgIpc) is 3.45. The number of ether oxygens (including phenoxy) is 2. The van der Waals surface area contributed by atoms with Gasteiger partial charge in [0.2, 0.25) is 28.6 Å². The number of anilines is 1. The van der Waals surface area contributed by atoms with Crippen LogP contribution in [0.15, 0.2) is 72.8 Å². The second-order valence-corrected chi connectivity index (χ2v) is 12.9. The number of carbonyl (C=O) groups excluding carboxylic acids is 2. The Morgan fingerprint density at radius 2 is 1.70 bits per heavy atom. The molecule has 2 atom stereocenters. The molecule has 0 saturated carbocycles. The molecule has 0 bridgehead atoms. The molecule has 3 aromatic rings. The Labute approximate surface area is 258 Å². The molecule has 0 aliphatic carbocycles. The van der Waals surface area contributed by atoms with Gasteiger partial charge in [0, 0.05) is 43.1 Å². The first-order valence-electron chi connectivity index (χ1n) is 14.3. The number of nitrogens with zero attached hydrogens (tertiary/aromatic N) is 2. The van der Waals surface area contributed by atoms with E-state index in [2.05, 4.69) is 5.32 Å². The largest absolute Gasteiger partial charge is 0.454 e. The van der Waals surface area contributed by atoms with Crippen LogP contribution in [0.1, 0.15) is 44.2 Å². The first kappa shape index (κ1) is 32.2. The van der Waals surface area contributed by atoms with Gasteiger partial charge < -0.3 is 19.7 Å². The highest BCUT2D eigenvalue weighted by molar-refractivity contribution is 7.92. The van der Waals surface area contributed by atoms with Crippen LogP contribution in [0.2, 0.25) is 5.02 Å². The van der Waals surface area contributed by atoms with Gasteiger partial charge in [0.1, 0.15) is 6.04 Å². The molecule has 0 saturated heterocycles. The first-order chi connectivity index (χ1) is 20.6. The molecule has 11 heteroatoms. The summed E-state index contributed by atoms with van der Waals surface area (Å²) in [7, 11) is -3.66. The fourth-order valence-electron chi connectivity index (χ4n) is 4.85. The van der Waals surface area contributed by atoms with Gasteiger partial charge in [-0.2, -0.15) is 0 Å². The predicted molar refractivity (Wildman–Crippen MR) is 168 cm³/mol. The Kier molecular flexibility index (Phi) is 10.9. The Morgan fingerprint density at radius 1 is 1.00 bits per heavy atom. The number of fused-ring (bicyclic) bond motifs is 1. The lowest BCUT2D eigenvalue weighted by Crippen LogP contribution is -2.52. The van der Waals surface area contributed by atoms with Gasteiger partial charge in [-0.15, -0.1) is 0 Å². The fraction of sp³-hybridized carbons (Fsp3) is 0.375. The lowest BCUT2D eigenvalue weighted by molar-refractivity contribution is -0.141. The highest BCUT2D eigenvalue weighted by Gasteiger charge is 2.31. The van der Waals surface area contributed by atoms with Crippen LogP contribution in [0.5, 0.6) is 11.5 Å². The standard InChI is InChI=1S/C32H38ClN3O6S/c1-4-23(2)34-32(38)28(19-24-11-6-5-7-12-24)35(21-25-13-8-9-14-27(25)33)31(37)15-10-18-36(43(3,39)40)26-16-17-29-30(20-26)42-22-41-29/h5-9,11-14,16-17,20,23,28H,4,10,15,18-19,21-22H2,1-3H3,(H,34,38). The van der Waals surface area contributed by atoms with Crippen LogP contribution < -0.4 is 19.1 Å². The monoisotopic (exact) mass is 627 g/mol. The van der Waals surface area contributed by atoms with Gasteiger partial charge in [-0.1, -0.05) is 67.1 Å². The second kappa shape index (κ2) is 14.6. The van der Waals surface area contributed by atoms with Gasteiger partial charge in [-0.05, 0) is 49.1 Å². The SMILES string of the molecule is CCC(C)NC(=O)C(Cc1ccccc1)N(Cc1ccccc1Cl)C(=O)CCCN(c1ccc2c(c1)OCO2)S(C)(=O)=O. The van der Waals surface area contributed by atoms with Crippen LogP contribution >= 0.6 is 11.6 Å². The lowest BCUT2D eigenvalue weighted by Gasteiger charge is -2.33. The van der Waals surface area contributed by atoms with E-state index in [4.69, 9.17) is 21.1 Å². The van der Waals surface area contributed by atoms with E-state index in [-0.39, 0.29) is 50.6 Å². The van der Waals surface area contributed by atoms with Crippen LogP contribution in [0, 0.1) is 0 Å². The predicted octanol–water partition coefficient (Wildman–Crippen LogP) is 5.17. The number of hydrogen-bond donors (Lipinski definition) is 1. The molecule has 1 aliphatic rings. The van der Waals surface area contributed by atoms with Crippen molar-refractivity contribution in [3.63, 3.8) is 0 Å². The zero-order valence-corrected chi connectivity index (χ0v) is 26.2. The summed E-state index contributed by atoms with van der Waals surface area (Å²) < 4.78 is 37.5. The van der Waals surface area contributed by atoms with Crippen LogP contribution in [-0.4, -0.2) is 56.8 Å². The third kappa shape index (κ3) is 8.64. The molecule has 1 aliphatic heterocycles. The minimum atomic E-state index is -3.66. The molecule has 1 N–H and O–H groups in total. The molecule has 4 rings (SSSR count). The molecule has 2 amide bonds. The summed E-state index contributed by atoms with van der Waals surface area (Å²) >= 11 is 6.50. The smallest absolute Gasteiger partial charge is 0.243 e. The summed E-state index contributed by atoms with van der Waals surface area (Å²) in [6.45, 7) is 4.17. The summed E-state index contributed by atoms with van der Waals surface area (Å²) in [6, 6.07) is 20.8. The fourth-order valence-corrected chi connectivity index (χ4v) is 6.00. The molecular formula is C32H38ClN3O6S. The minimum absolute atomic E-state index is 0.0168. The number of carbonyl (C=O) groups is 2. The summed E-state index contributed by atoms with van der Waals surface area (Å²) in [6.07, 6.45) is 2.42. The van der Waals surface area contributed by atoms with Gasteiger partial charge in [0.25, 0.3) is 0 Å². The number of amides is 2. The lowest BCUT2D eigenvalue weighted by atomic mass is 10.0. The van der Waals surface area contributed by atoms with Crippen LogP contribution in [-0.2, 0) is 32.6 Å². The Morgan fingerprint density at radius 3 is 2.40 bits per heavy atom. The van der Waals surface area contributed by atoms with Gasteiger partial charge in [0.15, 0.2) is 11.5 Å². The van der Waals surface area contributed by atoms with Crippen molar-refractivity contribution in [2.75, 3.05) is 23.9 Å². The molecule has 1 heterocycles. The van der Waals surface area contributed by atoms with Crippen molar-refractivity contribution in [1.82, 2.24) is 10.2 Å². The summed E-state index contributed by atoms with van der Waals surface area (Å²) in [4.78, 5) is 29.2. The van der Waals surface area contributed by atoms with Gasteiger partial charge in [-0.3, -0.25) is 13.9 Å². The number of sulfonamides is 1. The van der Waals surface area contributed by atoms with Crippen molar-refractivity contribution in [3.8, 4) is 11.5 Å². The number of halogens is 1. The molecule has 0 radical (unpaired) electrons. The Balaban J connectivity index is 1.59. The van der Waals surface area contributed by atoms with E-state index in [0.29, 0.717) is 34.2 Å². The molecule has 230 valence electrons. The third-order valence-corrected chi connectivity index (χ3v) is 8.93.